The number of carboxylic acids is 1. The van der Waals surface area contributed by atoms with Crippen molar-refractivity contribution in [3.05, 3.63) is 62.0 Å². The van der Waals surface area contributed by atoms with E-state index in [1.54, 1.807) is 24.3 Å². The Morgan fingerprint density at radius 2 is 1.73 bits per heavy atom. The van der Waals surface area contributed by atoms with Crippen molar-refractivity contribution < 1.29 is 24.2 Å². The molecule has 7 nitrogen and oxygen atoms in total. The van der Waals surface area contributed by atoms with Gasteiger partial charge in [0.25, 0.3) is 11.8 Å². The molecule has 0 bridgehead atoms. The average molecular weight is 596 g/mol. The van der Waals surface area contributed by atoms with E-state index in [0.29, 0.717) is 25.9 Å². The van der Waals surface area contributed by atoms with Crippen LogP contribution in [0, 0.1) is 0 Å². The Morgan fingerprint density at radius 1 is 1.15 bits per heavy atom. The number of carbonyl (C=O) groups is 3. The van der Waals surface area contributed by atoms with Gasteiger partial charge < -0.3 is 9.84 Å². The van der Waals surface area contributed by atoms with Gasteiger partial charge in [-0.1, -0.05) is 32.9 Å². The molecule has 3 rings (SSSR count). The van der Waals surface area contributed by atoms with Crippen LogP contribution in [-0.2, 0) is 19.8 Å². The molecule has 2 aromatic carbocycles. The summed E-state index contributed by atoms with van der Waals surface area (Å²) in [6, 6.07) is 10.7. The SMILES string of the molecule is CC(C)(C)c1ccc(N2C(=O)/C(=C/c3cc(Br)c(OCC(=O)O)c(Br)c3)C(=O)NC2=S)cc1. The number of thiocarbonyl (C=S) groups is 1. The molecule has 1 fully saturated rings. The maximum absolute atomic E-state index is 13.2. The maximum atomic E-state index is 13.2. The zero-order chi connectivity index (χ0) is 24.5. The first-order chi connectivity index (χ1) is 15.4. The summed E-state index contributed by atoms with van der Waals surface area (Å²) in [6.07, 6.45) is 1.44. The van der Waals surface area contributed by atoms with E-state index in [-0.39, 0.29) is 16.1 Å². The Labute approximate surface area is 213 Å². The molecule has 0 saturated carbocycles. The second-order valence-electron chi connectivity index (χ2n) is 8.25. The fourth-order valence-electron chi connectivity index (χ4n) is 3.10. The Morgan fingerprint density at radius 3 is 2.24 bits per heavy atom. The molecule has 0 atom stereocenters. The molecule has 0 unspecified atom stereocenters. The minimum Gasteiger partial charge on any atom is -0.480 e. The van der Waals surface area contributed by atoms with Crippen LogP contribution in [-0.4, -0.2) is 34.6 Å². The normalized spacial score (nSPS) is 15.6. The molecule has 1 heterocycles. The number of carboxylic acid groups (broad SMARTS) is 1. The highest BCUT2D eigenvalue weighted by Gasteiger charge is 2.34. The molecule has 1 saturated heterocycles. The van der Waals surface area contributed by atoms with Crippen LogP contribution >= 0.6 is 44.1 Å². The lowest BCUT2D eigenvalue weighted by atomic mass is 9.87. The van der Waals surface area contributed by atoms with Crippen molar-refractivity contribution in [3.63, 3.8) is 0 Å². The molecule has 33 heavy (non-hydrogen) atoms. The largest absolute Gasteiger partial charge is 0.480 e. The summed E-state index contributed by atoms with van der Waals surface area (Å²) in [5.74, 6) is -1.98. The molecule has 2 amide bonds. The second-order valence-corrected chi connectivity index (χ2v) is 10.3. The van der Waals surface area contributed by atoms with Crippen LogP contribution in [0.3, 0.4) is 0 Å². The highest BCUT2D eigenvalue weighted by Crippen LogP contribution is 2.36. The van der Waals surface area contributed by atoms with E-state index >= 15 is 0 Å². The van der Waals surface area contributed by atoms with Gasteiger partial charge in [0.05, 0.1) is 14.6 Å². The summed E-state index contributed by atoms with van der Waals surface area (Å²) < 4.78 is 6.17. The minimum absolute atomic E-state index is 0.00504. The topological polar surface area (TPSA) is 95.9 Å². The summed E-state index contributed by atoms with van der Waals surface area (Å²) >= 11 is 11.9. The summed E-state index contributed by atoms with van der Waals surface area (Å²) in [6.45, 7) is 5.76. The number of benzene rings is 2. The molecule has 0 aromatic heterocycles. The van der Waals surface area contributed by atoms with E-state index < -0.39 is 24.4 Å². The van der Waals surface area contributed by atoms with E-state index in [9.17, 15) is 14.4 Å². The monoisotopic (exact) mass is 594 g/mol. The number of anilines is 1. The lowest BCUT2D eigenvalue weighted by Crippen LogP contribution is -2.54. The highest BCUT2D eigenvalue weighted by molar-refractivity contribution is 9.11. The predicted octanol–water partition coefficient (Wildman–Crippen LogP) is 4.80. The number of ether oxygens (including phenoxy) is 1. The Kier molecular flexibility index (Phi) is 7.40. The van der Waals surface area contributed by atoms with Crippen LogP contribution < -0.4 is 15.0 Å². The molecule has 2 N–H and O–H groups in total. The first-order valence-corrected chi connectivity index (χ1v) is 11.7. The molecule has 172 valence electrons. The van der Waals surface area contributed by atoms with Gasteiger partial charge in [0.2, 0.25) is 0 Å². The van der Waals surface area contributed by atoms with Crippen LogP contribution in [0.15, 0.2) is 50.9 Å². The number of halogens is 2. The first-order valence-electron chi connectivity index (χ1n) is 9.74. The standard InChI is InChI=1S/C23H20Br2N2O5S/c1-23(2,3)13-4-6-14(7-5-13)27-21(31)15(20(30)26-22(27)33)8-12-9-16(24)19(17(25)10-12)32-11-18(28)29/h4-10H,11H2,1-3H3,(H,28,29)(H,26,30,33)/b15-8+. The van der Waals surface area contributed by atoms with Crippen molar-refractivity contribution in [2.45, 2.75) is 26.2 Å². The lowest BCUT2D eigenvalue weighted by molar-refractivity contribution is -0.139. The molecule has 2 aromatic rings. The second kappa shape index (κ2) is 9.74. The van der Waals surface area contributed by atoms with E-state index in [1.807, 2.05) is 12.1 Å². The van der Waals surface area contributed by atoms with Crippen LogP contribution in [0.1, 0.15) is 31.9 Å². The van der Waals surface area contributed by atoms with Gasteiger partial charge in [-0.25, -0.2) is 4.79 Å². The number of hydrogen-bond acceptors (Lipinski definition) is 5. The maximum Gasteiger partial charge on any atom is 0.341 e. The van der Waals surface area contributed by atoms with Crippen LogP contribution in [0.5, 0.6) is 5.75 Å². The summed E-state index contributed by atoms with van der Waals surface area (Å²) in [7, 11) is 0. The predicted molar refractivity (Wildman–Crippen MR) is 136 cm³/mol. The van der Waals surface area contributed by atoms with E-state index in [4.69, 9.17) is 22.1 Å². The molecule has 0 aliphatic carbocycles. The van der Waals surface area contributed by atoms with Crippen LogP contribution in [0.25, 0.3) is 6.08 Å². The van der Waals surface area contributed by atoms with Gasteiger partial charge in [-0.3, -0.25) is 19.8 Å². The first kappa shape index (κ1) is 25.1. The van der Waals surface area contributed by atoms with Gasteiger partial charge in [0, 0.05) is 0 Å². The number of nitrogens with one attached hydrogen (secondary N) is 1. The van der Waals surface area contributed by atoms with Crippen LogP contribution in [0.4, 0.5) is 5.69 Å². The van der Waals surface area contributed by atoms with Crippen molar-refractivity contribution >= 4 is 78.7 Å². The third-order valence-electron chi connectivity index (χ3n) is 4.76. The lowest BCUT2D eigenvalue weighted by Gasteiger charge is -2.29. The zero-order valence-corrected chi connectivity index (χ0v) is 21.9. The fraction of sp³-hybridized carbons (Fsp3) is 0.217. The van der Waals surface area contributed by atoms with Gasteiger partial charge in [-0.2, -0.15) is 0 Å². The summed E-state index contributed by atoms with van der Waals surface area (Å²) in [4.78, 5) is 37.9. The third kappa shape index (κ3) is 5.69. The van der Waals surface area contributed by atoms with Crippen molar-refractivity contribution in [1.29, 1.82) is 0 Å². The molecular formula is C23H20Br2N2O5S. The summed E-state index contributed by atoms with van der Waals surface area (Å²) in [5, 5.41) is 11.4. The average Bonchev–Trinajstić information content (AvgIpc) is 2.70. The smallest absolute Gasteiger partial charge is 0.341 e. The zero-order valence-electron chi connectivity index (χ0n) is 17.9. The highest BCUT2D eigenvalue weighted by atomic mass is 79.9. The van der Waals surface area contributed by atoms with E-state index in [1.165, 1.54) is 11.0 Å². The van der Waals surface area contributed by atoms with Crippen molar-refractivity contribution in [2.24, 2.45) is 0 Å². The van der Waals surface area contributed by atoms with Crippen LogP contribution in [0.2, 0.25) is 0 Å². The number of hydrogen-bond donors (Lipinski definition) is 2. The molecule has 1 aliphatic rings. The van der Waals surface area contributed by atoms with Crippen molar-refractivity contribution in [3.8, 4) is 5.75 Å². The number of nitrogens with zero attached hydrogens (tertiary/aromatic N) is 1. The van der Waals surface area contributed by atoms with Gasteiger partial charge >= 0.3 is 5.97 Å². The number of carbonyl (C=O) groups excluding carboxylic acids is 2. The minimum atomic E-state index is -1.11. The number of amides is 2. The Bertz CT molecular complexity index is 1160. The molecule has 0 spiro atoms. The van der Waals surface area contributed by atoms with Gasteiger partial charge in [-0.05, 0) is 91.0 Å². The third-order valence-corrected chi connectivity index (χ3v) is 6.23. The van der Waals surface area contributed by atoms with Crippen molar-refractivity contribution in [2.75, 3.05) is 11.5 Å². The van der Waals surface area contributed by atoms with Gasteiger partial charge in [-0.15, -0.1) is 0 Å². The number of rotatable bonds is 5. The Hall–Kier alpha value is -2.56. The van der Waals surface area contributed by atoms with Gasteiger partial charge in [0.1, 0.15) is 11.3 Å². The molecule has 0 radical (unpaired) electrons. The number of aliphatic carboxylic acids is 1. The Balaban J connectivity index is 1.95. The molecular weight excluding hydrogens is 576 g/mol. The molecule has 10 heteroatoms. The van der Waals surface area contributed by atoms with Gasteiger partial charge in [0.15, 0.2) is 11.7 Å². The van der Waals surface area contributed by atoms with Crippen molar-refractivity contribution in [1.82, 2.24) is 5.32 Å². The quantitative estimate of drug-likeness (QED) is 0.293. The summed E-state index contributed by atoms with van der Waals surface area (Å²) in [5.41, 5.74) is 2.02. The molecule has 1 aliphatic heterocycles. The van der Waals surface area contributed by atoms with E-state index in [2.05, 4.69) is 57.9 Å². The van der Waals surface area contributed by atoms with E-state index in [0.717, 1.165) is 5.56 Å². The fourth-order valence-corrected chi connectivity index (χ4v) is 4.84.